The van der Waals surface area contributed by atoms with Gasteiger partial charge < -0.3 is 9.80 Å². The van der Waals surface area contributed by atoms with Gasteiger partial charge in [0.05, 0.1) is 11.3 Å². The molecule has 0 aliphatic carbocycles. The standard InChI is InChI=1S/C27H33N3O2/c1-17-7-12-23(20(4)14-17)24-25(29-15-18(2)13-19(3)16-29)27(32)30(26(24)31)22-10-8-21(9-11-22)28(5)6/h7-12,14,18-19H,13,15-16H2,1-6H3. The highest BCUT2D eigenvalue weighted by molar-refractivity contribution is 6.45. The van der Waals surface area contributed by atoms with Gasteiger partial charge in [-0.2, -0.15) is 0 Å². The summed E-state index contributed by atoms with van der Waals surface area (Å²) in [5, 5.41) is 0. The molecule has 4 rings (SSSR count). The summed E-state index contributed by atoms with van der Waals surface area (Å²) < 4.78 is 0. The van der Waals surface area contributed by atoms with E-state index in [4.69, 9.17) is 0 Å². The summed E-state index contributed by atoms with van der Waals surface area (Å²) in [5.74, 6) is 0.496. The molecule has 2 heterocycles. The number of imide groups is 1. The predicted molar refractivity (Wildman–Crippen MR) is 131 cm³/mol. The Hall–Kier alpha value is -3.08. The zero-order chi connectivity index (χ0) is 23.2. The molecule has 5 heteroatoms. The van der Waals surface area contributed by atoms with Crippen molar-refractivity contribution in [2.75, 3.05) is 37.0 Å². The maximum Gasteiger partial charge on any atom is 0.282 e. The normalized spacial score (nSPS) is 21.6. The number of anilines is 2. The van der Waals surface area contributed by atoms with E-state index in [0.717, 1.165) is 41.9 Å². The number of hydrogen-bond acceptors (Lipinski definition) is 4. The second kappa shape index (κ2) is 8.45. The van der Waals surface area contributed by atoms with Gasteiger partial charge >= 0.3 is 0 Å². The third-order valence-corrected chi connectivity index (χ3v) is 6.52. The van der Waals surface area contributed by atoms with Crippen molar-refractivity contribution in [3.8, 4) is 0 Å². The van der Waals surface area contributed by atoms with Crippen LogP contribution in [0, 0.1) is 25.7 Å². The van der Waals surface area contributed by atoms with Crippen molar-refractivity contribution in [1.82, 2.24) is 4.90 Å². The summed E-state index contributed by atoms with van der Waals surface area (Å²) in [6.45, 7) is 10.1. The van der Waals surface area contributed by atoms with Crippen molar-refractivity contribution >= 4 is 28.8 Å². The number of hydrogen-bond donors (Lipinski definition) is 0. The van der Waals surface area contributed by atoms with Crippen molar-refractivity contribution in [3.63, 3.8) is 0 Å². The number of carbonyl (C=O) groups is 2. The Morgan fingerprint density at radius 1 is 0.875 bits per heavy atom. The van der Waals surface area contributed by atoms with Crippen LogP contribution < -0.4 is 9.80 Å². The first-order valence-corrected chi connectivity index (χ1v) is 11.4. The van der Waals surface area contributed by atoms with Crippen LogP contribution in [0.2, 0.25) is 0 Å². The highest BCUT2D eigenvalue weighted by atomic mass is 16.2. The van der Waals surface area contributed by atoms with Gasteiger partial charge in [0.25, 0.3) is 11.8 Å². The van der Waals surface area contributed by atoms with E-state index in [1.807, 2.05) is 69.2 Å². The predicted octanol–water partition coefficient (Wildman–Crippen LogP) is 4.63. The lowest BCUT2D eigenvalue weighted by Gasteiger charge is -2.37. The number of piperidine rings is 1. The maximum atomic E-state index is 13.8. The Kier molecular flexibility index (Phi) is 5.85. The minimum Gasteiger partial charge on any atom is -0.378 e. The quantitative estimate of drug-likeness (QED) is 0.662. The molecule has 0 N–H and O–H groups in total. The average Bonchev–Trinajstić information content (AvgIpc) is 2.97. The molecule has 2 aliphatic heterocycles. The Bertz CT molecular complexity index is 1070. The van der Waals surface area contributed by atoms with Crippen LogP contribution >= 0.6 is 0 Å². The highest BCUT2D eigenvalue weighted by Gasteiger charge is 2.44. The van der Waals surface area contributed by atoms with Crippen LogP contribution in [0.15, 0.2) is 48.2 Å². The van der Waals surface area contributed by atoms with Gasteiger partial charge in [-0.05, 0) is 67.5 Å². The van der Waals surface area contributed by atoms with E-state index in [1.54, 1.807) is 0 Å². The first kappa shape index (κ1) is 22.1. The van der Waals surface area contributed by atoms with Crippen molar-refractivity contribution < 1.29 is 9.59 Å². The summed E-state index contributed by atoms with van der Waals surface area (Å²) in [6.07, 6.45) is 1.14. The molecule has 0 aromatic heterocycles. The molecule has 2 aromatic rings. The van der Waals surface area contributed by atoms with Crippen LogP contribution in [0.4, 0.5) is 11.4 Å². The fourth-order valence-electron chi connectivity index (χ4n) is 5.13. The molecule has 168 valence electrons. The van der Waals surface area contributed by atoms with Crippen LogP contribution in [-0.2, 0) is 9.59 Å². The molecule has 1 fully saturated rings. The van der Waals surface area contributed by atoms with Gasteiger partial charge in [-0.15, -0.1) is 0 Å². The second-order valence-corrected chi connectivity index (χ2v) is 9.75. The molecular formula is C27H33N3O2. The number of aryl methyl sites for hydroxylation is 2. The zero-order valence-electron chi connectivity index (χ0n) is 20.0. The largest absolute Gasteiger partial charge is 0.378 e. The number of carbonyl (C=O) groups excluding carboxylic acids is 2. The van der Waals surface area contributed by atoms with Crippen molar-refractivity contribution in [2.45, 2.75) is 34.1 Å². The zero-order valence-corrected chi connectivity index (χ0v) is 20.0. The van der Waals surface area contributed by atoms with E-state index in [2.05, 4.69) is 24.8 Å². The molecule has 5 nitrogen and oxygen atoms in total. The average molecular weight is 432 g/mol. The van der Waals surface area contributed by atoms with Gasteiger partial charge in [-0.3, -0.25) is 9.59 Å². The molecule has 2 unspecified atom stereocenters. The summed E-state index contributed by atoms with van der Waals surface area (Å²) in [7, 11) is 3.94. The topological polar surface area (TPSA) is 43.9 Å². The minimum atomic E-state index is -0.236. The van der Waals surface area contributed by atoms with Crippen molar-refractivity contribution in [2.24, 2.45) is 11.8 Å². The number of rotatable bonds is 4. The van der Waals surface area contributed by atoms with Crippen molar-refractivity contribution in [3.05, 3.63) is 64.9 Å². The molecular weight excluding hydrogens is 398 g/mol. The van der Waals surface area contributed by atoms with E-state index in [9.17, 15) is 9.59 Å². The lowest BCUT2D eigenvalue weighted by molar-refractivity contribution is -0.120. The number of nitrogens with zero attached hydrogens (tertiary/aromatic N) is 3. The Balaban J connectivity index is 1.83. The summed E-state index contributed by atoms with van der Waals surface area (Å²) in [4.78, 5) is 33.1. The fourth-order valence-corrected chi connectivity index (χ4v) is 5.13. The molecule has 0 bridgehead atoms. The molecule has 2 amide bonds. The SMILES string of the molecule is Cc1ccc(C2=C(N3CC(C)CC(C)C3)C(=O)N(c3ccc(N(C)C)cc3)C2=O)c(C)c1. The van der Waals surface area contributed by atoms with Gasteiger partial charge in [-0.1, -0.05) is 37.6 Å². The molecule has 2 aliphatic rings. The minimum absolute atomic E-state index is 0.219. The van der Waals surface area contributed by atoms with Crippen LogP contribution in [0.25, 0.3) is 5.57 Å². The molecule has 0 spiro atoms. The number of amides is 2. The summed E-state index contributed by atoms with van der Waals surface area (Å²) >= 11 is 0. The number of benzene rings is 2. The maximum absolute atomic E-state index is 13.8. The van der Waals surface area contributed by atoms with E-state index >= 15 is 0 Å². The molecule has 1 saturated heterocycles. The van der Waals surface area contributed by atoms with Gasteiger partial charge in [0.1, 0.15) is 5.70 Å². The lowest BCUT2D eigenvalue weighted by atomic mass is 9.90. The van der Waals surface area contributed by atoms with E-state index < -0.39 is 0 Å². The Morgan fingerprint density at radius 3 is 2.06 bits per heavy atom. The van der Waals surface area contributed by atoms with E-state index in [-0.39, 0.29) is 11.8 Å². The van der Waals surface area contributed by atoms with Crippen LogP contribution in [0.3, 0.4) is 0 Å². The first-order valence-electron chi connectivity index (χ1n) is 11.4. The van der Waals surface area contributed by atoms with Gasteiger partial charge in [0.2, 0.25) is 0 Å². The summed E-state index contributed by atoms with van der Waals surface area (Å²) in [5.41, 5.74) is 5.73. The molecule has 32 heavy (non-hydrogen) atoms. The highest BCUT2D eigenvalue weighted by Crippen LogP contribution is 2.38. The Morgan fingerprint density at radius 2 is 1.50 bits per heavy atom. The molecule has 0 saturated carbocycles. The number of likely N-dealkylation sites (tertiary alicyclic amines) is 1. The van der Waals surface area contributed by atoms with Gasteiger partial charge in [-0.25, -0.2) is 4.90 Å². The third kappa shape index (κ3) is 3.92. The fraction of sp³-hybridized carbons (Fsp3) is 0.407. The van der Waals surface area contributed by atoms with E-state index in [1.165, 1.54) is 4.90 Å². The molecule has 2 aromatic carbocycles. The van der Waals surface area contributed by atoms with Gasteiger partial charge in [0, 0.05) is 32.9 Å². The van der Waals surface area contributed by atoms with Crippen molar-refractivity contribution in [1.29, 1.82) is 0 Å². The first-order chi connectivity index (χ1) is 15.2. The van der Waals surface area contributed by atoms with Gasteiger partial charge in [0.15, 0.2) is 0 Å². The monoisotopic (exact) mass is 431 g/mol. The summed E-state index contributed by atoms with van der Waals surface area (Å²) in [6, 6.07) is 13.7. The lowest BCUT2D eigenvalue weighted by Crippen LogP contribution is -2.42. The Labute approximate surface area is 191 Å². The second-order valence-electron chi connectivity index (χ2n) is 9.75. The molecule has 2 atom stereocenters. The van der Waals surface area contributed by atoms with Crippen LogP contribution in [0.5, 0.6) is 0 Å². The van der Waals surface area contributed by atoms with Crippen LogP contribution in [0.1, 0.15) is 37.0 Å². The third-order valence-electron chi connectivity index (χ3n) is 6.52. The van der Waals surface area contributed by atoms with E-state index in [0.29, 0.717) is 28.8 Å². The molecule has 0 radical (unpaired) electrons. The smallest absolute Gasteiger partial charge is 0.282 e. The van der Waals surface area contributed by atoms with Crippen LogP contribution in [-0.4, -0.2) is 43.9 Å².